The molecule has 4 heterocycles. The molecule has 5 aromatic rings. The second-order valence-electron chi connectivity index (χ2n) is 17.2. The first-order valence-electron chi connectivity index (χ1n) is 20.7. The van der Waals surface area contributed by atoms with Gasteiger partial charge in [0.1, 0.15) is 30.2 Å². The Kier molecular flexibility index (Phi) is 11.1. The topological polar surface area (TPSA) is 153 Å². The van der Waals surface area contributed by atoms with Gasteiger partial charge in [0, 0.05) is 38.2 Å². The molecule has 8 rings (SSSR count). The lowest BCUT2D eigenvalue weighted by Gasteiger charge is -2.37. The molecule has 0 radical (unpaired) electrons. The van der Waals surface area contributed by atoms with Gasteiger partial charge in [-0.3, -0.25) is 14.6 Å². The third-order valence-electron chi connectivity index (χ3n) is 12.3. The lowest BCUT2D eigenvalue weighted by Crippen LogP contribution is -2.56. The summed E-state index contributed by atoms with van der Waals surface area (Å²) in [5, 5.41) is 13.1. The zero-order valence-corrected chi connectivity index (χ0v) is 35.0. The number of hydrogen-bond donors (Lipinski definition) is 2. The van der Waals surface area contributed by atoms with Gasteiger partial charge in [-0.05, 0) is 121 Å². The van der Waals surface area contributed by atoms with Crippen molar-refractivity contribution in [2.24, 2.45) is 5.41 Å². The van der Waals surface area contributed by atoms with Crippen molar-refractivity contribution < 1.29 is 38.1 Å². The molecule has 3 aliphatic rings. The van der Waals surface area contributed by atoms with Gasteiger partial charge >= 0.3 is 5.97 Å². The van der Waals surface area contributed by atoms with E-state index in [2.05, 4.69) is 29.1 Å². The van der Waals surface area contributed by atoms with E-state index >= 15 is 0 Å². The zero-order chi connectivity index (χ0) is 42.3. The van der Waals surface area contributed by atoms with E-state index in [-0.39, 0.29) is 43.9 Å². The Labute approximate surface area is 350 Å². The van der Waals surface area contributed by atoms with Crippen LogP contribution in [0.3, 0.4) is 0 Å². The Hall–Kier alpha value is -6.17. The fraction of sp³-hybridized carbons (Fsp3) is 0.396. The molecule has 0 spiro atoms. The number of nitrogens with zero attached hydrogens (tertiary/aromatic N) is 3. The Balaban J connectivity index is 0.994. The highest BCUT2D eigenvalue weighted by atomic mass is 16.6. The van der Waals surface area contributed by atoms with Crippen molar-refractivity contribution >= 4 is 17.8 Å². The molecular formula is C48H52N4O8. The molecule has 60 heavy (non-hydrogen) atoms. The number of amides is 2. The number of aromatic nitrogens is 2. The molecule has 1 saturated carbocycles. The fourth-order valence-corrected chi connectivity index (χ4v) is 8.55. The van der Waals surface area contributed by atoms with Crippen molar-refractivity contribution in [1.29, 1.82) is 0 Å². The summed E-state index contributed by atoms with van der Waals surface area (Å²) >= 11 is 0. The SMILES string of the molecule is Cc1nc(C(=O)N2Cc3cc4c(cc3C[C@H]2C(=O)NC(Cc2ccc(-c3ccnc(C)c3C)cc2)C(=O)O)OC[C@H](c2ccc(OC3CCC(C)(C)CC3)cc2)O4)c(C)o1. The van der Waals surface area contributed by atoms with Gasteiger partial charge in [0.25, 0.3) is 5.91 Å². The molecule has 12 nitrogen and oxygen atoms in total. The number of aryl methyl sites for hydroxylation is 3. The molecule has 1 unspecified atom stereocenters. The van der Waals surface area contributed by atoms with Crippen molar-refractivity contribution in [2.45, 2.75) is 111 Å². The van der Waals surface area contributed by atoms with Crippen LogP contribution in [-0.2, 0) is 29.0 Å². The van der Waals surface area contributed by atoms with E-state index in [9.17, 15) is 19.5 Å². The Morgan fingerprint density at radius 1 is 0.950 bits per heavy atom. The predicted octanol–water partition coefficient (Wildman–Crippen LogP) is 8.21. The first kappa shape index (κ1) is 40.6. The number of hydrogen-bond acceptors (Lipinski definition) is 9. The minimum atomic E-state index is -1.25. The minimum Gasteiger partial charge on any atom is -0.490 e. The molecule has 3 atom stereocenters. The fourth-order valence-electron chi connectivity index (χ4n) is 8.55. The number of nitrogens with one attached hydrogen (secondary N) is 1. The zero-order valence-electron chi connectivity index (χ0n) is 35.0. The quantitative estimate of drug-likeness (QED) is 0.141. The van der Waals surface area contributed by atoms with E-state index < -0.39 is 29.9 Å². The molecule has 2 aromatic heterocycles. The maximum Gasteiger partial charge on any atom is 0.326 e. The van der Waals surface area contributed by atoms with Crippen LogP contribution in [0, 0.1) is 33.1 Å². The van der Waals surface area contributed by atoms with Crippen LogP contribution in [0.4, 0.5) is 0 Å². The van der Waals surface area contributed by atoms with E-state index in [0.717, 1.165) is 76.1 Å². The van der Waals surface area contributed by atoms with E-state index in [1.165, 1.54) is 4.90 Å². The van der Waals surface area contributed by atoms with Gasteiger partial charge in [0.15, 0.2) is 29.2 Å². The van der Waals surface area contributed by atoms with Gasteiger partial charge in [-0.15, -0.1) is 0 Å². The first-order valence-corrected chi connectivity index (χ1v) is 20.7. The van der Waals surface area contributed by atoms with Crippen LogP contribution in [0.15, 0.2) is 77.3 Å². The van der Waals surface area contributed by atoms with E-state index in [1.807, 2.05) is 80.6 Å². The van der Waals surface area contributed by atoms with Crippen LogP contribution in [-0.4, -0.2) is 62.6 Å². The van der Waals surface area contributed by atoms with Gasteiger partial charge in [0.05, 0.1) is 6.10 Å². The molecule has 0 saturated heterocycles. The van der Waals surface area contributed by atoms with Crippen molar-refractivity contribution in [1.82, 2.24) is 20.2 Å². The third kappa shape index (κ3) is 8.59. The Morgan fingerprint density at radius 2 is 1.67 bits per heavy atom. The second kappa shape index (κ2) is 16.5. The summed E-state index contributed by atoms with van der Waals surface area (Å²) in [6.45, 7) is 12.3. The van der Waals surface area contributed by atoms with Crippen LogP contribution in [0.25, 0.3) is 11.1 Å². The number of carboxylic acid groups (broad SMARTS) is 1. The molecule has 3 aromatic carbocycles. The number of ether oxygens (including phenoxy) is 3. The number of carbonyl (C=O) groups excluding carboxylic acids is 2. The summed E-state index contributed by atoms with van der Waals surface area (Å²) in [7, 11) is 0. The number of fused-ring (bicyclic) bond motifs is 2. The highest BCUT2D eigenvalue weighted by molar-refractivity contribution is 5.98. The van der Waals surface area contributed by atoms with Crippen LogP contribution in [0.5, 0.6) is 17.2 Å². The van der Waals surface area contributed by atoms with E-state index in [4.69, 9.17) is 18.6 Å². The number of carboxylic acids is 1. The second-order valence-corrected chi connectivity index (χ2v) is 17.2. The monoisotopic (exact) mass is 812 g/mol. The molecule has 12 heteroatoms. The summed E-state index contributed by atoms with van der Waals surface area (Å²) in [4.78, 5) is 51.2. The lowest BCUT2D eigenvalue weighted by atomic mass is 9.76. The highest BCUT2D eigenvalue weighted by Crippen LogP contribution is 2.42. The van der Waals surface area contributed by atoms with Gasteiger partial charge in [-0.25, -0.2) is 9.78 Å². The number of aliphatic carboxylic acids is 1. The first-order chi connectivity index (χ1) is 28.7. The average molecular weight is 813 g/mol. The highest BCUT2D eigenvalue weighted by Gasteiger charge is 2.39. The van der Waals surface area contributed by atoms with Gasteiger partial charge < -0.3 is 34.0 Å². The van der Waals surface area contributed by atoms with Crippen molar-refractivity contribution in [3.05, 3.63) is 124 Å². The number of oxazole rings is 1. The minimum absolute atomic E-state index is 0.0448. The summed E-state index contributed by atoms with van der Waals surface area (Å²) < 4.78 is 24.7. The van der Waals surface area contributed by atoms with Crippen molar-refractivity contribution in [3.63, 3.8) is 0 Å². The molecule has 1 aliphatic carbocycles. The molecule has 2 aliphatic heterocycles. The molecule has 2 N–H and O–H groups in total. The molecule has 0 bridgehead atoms. The summed E-state index contributed by atoms with van der Waals surface area (Å²) in [5.41, 5.74) is 7.77. The van der Waals surface area contributed by atoms with Crippen molar-refractivity contribution in [2.75, 3.05) is 6.61 Å². The summed E-state index contributed by atoms with van der Waals surface area (Å²) in [6.07, 6.45) is 6.19. The van der Waals surface area contributed by atoms with E-state index in [1.54, 1.807) is 20.0 Å². The number of carbonyl (C=O) groups is 3. The van der Waals surface area contributed by atoms with Gasteiger partial charge in [0.2, 0.25) is 5.91 Å². The van der Waals surface area contributed by atoms with Crippen LogP contribution < -0.4 is 19.5 Å². The van der Waals surface area contributed by atoms with Crippen LogP contribution in [0.1, 0.15) is 101 Å². The Bertz CT molecular complexity index is 2410. The van der Waals surface area contributed by atoms with Crippen LogP contribution in [0.2, 0.25) is 0 Å². The number of pyridine rings is 1. The largest absolute Gasteiger partial charge is 0.490 e. The summed E-state index contributed by atoms with van der Waals surface area (Å²) in [6, 6.07) is 19.0. The van der Waals surface area contributed by atoms with Gasteiger partial charge in [-0.1, -0.05) is 50.2 Å². The third-order valence-corrected chi connectivity index (χ3v) is 12.3. The molecule has 312 valence electrons. The average Bonchev–Trinajstić information content (AvgIpc) is 3.58. The standard InChI is InChI=1S/C48H52N4O8/c1-27-28(2)49-20-17-38(27)32-9-7-31(8-10-32)21-39(47(55)56)51-45(53)40-22-34-23-41-42(24-35(34)25-52(40)46(54)44-29(3)58-30(4)50-44)60-43(26-57-41)33-11-13-36(14-12-33)59-37-15-18-48(5,6)19-16-37/h7-14,17,20,23-24,37,39-40,43H,15-16,18-19,21-22,25-26H2,1-6H3,(H,51,53)(H,55,56)/t39?,40-,43+/m0/s1. The number of benzene rings is 3. The van der Waals surface area contributed by atoms with E-state index in [0.29, 0.717) is 28.6 Å². The Morgan fingerprint density at radius 3 is 2.35 bits per heavy atom. The predicted molar refractivity (Wildman–Crippen MR) is 224 cm³/mol. The molecular weight excluding hydrogens is 761 g/mol. The maximum absolute atomic E-state index is 14.2. The van der Waals surface area contributed by atoms with Crippen molar-refractivity contribution in [3.8, 4) is 28.4 Å². The smallest absolute Gasteiger partial charge is 0.326 e. The summed E-state index contributed by atoms with van der Waals surface area (Å²) in [5.74, 6) is 0.293. The normalized spacial score (nSPS) is 18.9. The number of rotatable bonds is 10. The molecule has 1 fully saturated rings. The molecule has 2 amide bonds. The van der Waals surface area contributed by atoms with Crippen LogP contribution >= 0.6 is 0 Å². The maximum atomic E-state index is 14.2. The van der Waals surface area contributed by atoms with Gasteiger partial charge in [-0.2, -0.15) is 0 Å². The lowest BCUT2D eigenvalue weighted by molar-refractivity contribution is -0.142.